The molecule has 0 saturated carbocycles. The number of fused-ring (bicyclic) bond motifs is 2. The lowest BCUT2D eigenvalue weighted by molar-refractivity contribution is 0.575. The lowest BCUT2D eigenvalue weighted by Gasteiger charge is -2.17. The first-order valence-electron chi connectivity index (χ1n) is 9.24. The number of aromatic nitrogens is 4. The van der Waals surface area contributed by atoms with E-state index in [1.165, 1.54) is 6.20 Å². The average molecular weight is 412 g/mol. The highest BCUT2D eigenvalue weighted by molar-refractivity contribution is 7.92. The number of hydrogen-bond donors (Lipinski definition) is 1. The van der Waals surface area contributed by atoms with E-state index in [4.69, 9.17) is 4.98 Å². The molecule has 150 valence electrons. The zero-order chi connectivity index (χ0) is 20.9. The third-order valence-corrected chi connectivity index (χ3v) is 5.34. The van der Waals surface area contributed by atoms with Crippen molar-refractivity contribution in [2.75, 3.05) is 12.5 Å². The second-order valence-electron chi connectivity index (χ2n) is 7.81. The van der Waals surface area contributed by atoms with Gasteiger partial charge in [0.05, 0.1) is 17.4 Å². The monoisotopic (exact) mass is 411 g/mol. The number of nitrogens with zero attached hydrogens (tertiary/aromatic N) is 4. The summed E-state index contributed by atoms with van der Waals surface area (Å²) in [5, 5.41) is 9.68. The fourth-order valence-electron chi connectivity index (χ4n) is 3.45. The van der Waals surface area contributed by atoms with Gasteiger partial charge in [0.1, 0.15) is 0 Å². The molecular formula is C21H22FN5OS. The van der Waals surface area contributed by atoms with E-state index in [1.807, 2.05) is 26.0 Å². The van der Waals surface area contributed by atoms with Crippen molar-refractivity contribution >= 4 is 37.2 Å². The van der Waals surface area contributed by atoms with Gasteiger partial charge in [-0.2, -0.15) is 13.9 Å². The summed E-state index contributed by atoms with van der Waals surface area (Å²) in [7, 11) is -2.42. The number of hydrogen-bond acceptors (Lipinski definition) is 5. The van der Waals surface area contributed by atoms with Crippen LogP contribution in [0.1, 0.15) is 31.0 Å². The van der Waals surface area contributed by atoms with E-state index >= 15 is 0 Å². The van der Waals surface area contributed by atoms with Crippen LogP contribution in [0.2, 0.25) is 0 Å². The maximum absolute atomic E-state index is 13.8. The van der Waals surface area contributed by atoms with E-state index in [2.05, 4.69) is 19.5 Å². The van der Waals surface area contributed by atoms with Crippen molar-refractivity contribution in [2.24, 2.45) is 4.36 Å². The Kier molecular flexibility index (Phi) is 4.61. The molecule has 0 atom stereocenters. The van der Waals surface area contributed by atoms with Crippen molar-refractivity contribution in [3.8, 4) is 11.1 Å². The Morgan fingerprint density at radius 3 is 2.55 bits per heavy atom. The molecule has 0 saturated heterocycles. The van der Waals surface area contributed by atoms with E-state index < -0.39 is 15.7 Å². The Morgan fingerprint density at radius 2 is 1.90 bits per heavy atom. The summed E-state index contributed by atoms with van der Waals surface area (Å²) in [6, 6.07) is 5.72. The van der Waals surface area contributed by atoms with Gasteiger partial charge in [0, 0.05) is 55.9 Å². The molecular weight excluding hydrogens is 389 g/mol. The van der Waals surface area contributed by atoms with Crippen LogP contribution in [-0.4, -0.2) is 36.9 Å². The van der Waals surface area contributed by atoms with Crippen LogP contribution in [0.15, 0.2) is 35.0 Å². The van der Waals surface area contributed by atoms with Crippen LogP contribution >= 0.6 is 0 Å². The Labute approximate surface area is 168 Å². The smallest absolute Gasteiger partial charge is 0.215 e. The summed E-state index contributed by atoms with van der Waals surface area (Å²) in [6.45, 7) is 5.77. The van der Waals surface area contributed by atoms with Gasteiger partial charge >= 0.3 is 0 Å². The molecule has 6 nitrogen and oxygen atoms in total. The Morgan fingerprint density at radius 1 is 1.14 bits per heavy atom. The molecule has 3 heterocycles. The Bertz CT molecular complexity index is 1380. The summed E-state index contributed by atoms with van der Waals surface area (Å²) in [5.41, 5.74) is 3.77. The molecule has 0 unspecified atom stereocenters. The van der Waals surface area contributed by atoms with Gasteiger partial charge in [-0.1, -0.05) is 13.8 Å². The average Bonchev–Trinajstić information content (AvgIpc) is 3.08. The number of rotatable bonds is 3. The molecule has 0 bridgehead atoms. The molecule has 1 N–H and O–H groups in total. The van der Waals surface area contributed by atoms with Crippen molar-refractivity contribution in [2.45, 2.75) is 26.7 Å². The molecule has 3 aromatic heterocycles. The van der Waals surface area contributed by atoms with Crippen molar-refractivity contribution < 1.29 is 8.60 Å². The van der Waals surface area contributed by atoms with Crippen LogP contribution in [0.5, 0.6) is 0 Å². The summed E-state index contributed by atoms with van der Waals surface area (Å²) >= 11 is 0. The second kappa shape index (κ2) is 6.88. The first-order valence-corrected chi connectivity index (χ1v) is 11.6. The molecule has 0 amide bonds. The van der Waals surface area contributed by atoms with Crippen molar-refractivity contribution in [1.82, 2.24) is 20.2 Å². The van der Waals surface area contributed by atoms with Gasteiger partial charge in [-0.15, -0.1) is 0 Å². The summed E-state index contributed by atoms with van der Waals surface area (Å²) in [5.74, 6) is 0.0157. The highest BCUT2D eigenvalue weighted by atomic mass is 32.2. The van der Waals surface area contributed by atoms with Gasteiger partial charge in [0.25, 0.3) is 0 Å². The van der Waals surface area contributed by atoms with Crippen LogP contribution in [0.3, 0.4) is 0 Å². The molecule has 0 fully saturated rings. The van der Waals surface area contributed by atoms with E-state index in [0.29, 0.717) is 11.4 Å². The molecule has 4 aromatic rings. The van der Waals surface area contributed by atoms with Gasteiger partial charge in [0.15, 0.2) is 5.82 Å². The SMILES string of the molecule is Cc1cc(-c2c(C(C)C)nc(N=S(C)(C)=O)c3cc4[nH]ncc4cc23)cnc1F. The van der Waals surface area contributed by atoms with Crippen LogP contribution < -0.4 is 0 Å². The molecule has 0 aliphatic heterocycles. The summed E-state index contributed by atoms with van der Waals surface area (Å²) < 4.78 is 30.7. The summed E-state index contributed by atoms with van der Waals surface area (Å²) in [6.07, 6.45) is 6.46. The van der Waals surface area contributed by atoms with Crippen LogP contribution in [0.4, 0.5) is 10.2 Å². The van der Waals surface area contributed by atoms with Crippen molar-refractivity contribution in [3.05, 3.63) is 47.8 Å². The van der Waals surface area contributed by atoms with Crippen molar-refractivity contribution in [1.29, 1.82) is 0 Å². The zero-order valence-electron chi connectivity index (χ0n) is 16.9. The number of pyridine rings is 2. The molecule has 29 heavy (non-hydrogen) atoms. The summed E-state index contributed by atoms with van der Waals surface area (Å²) in [4.78, 5) is 8.72. The largest absolute Gasteiger partial charge is 0.278 e. The minimum absolute atomic E-state index is 0.0681. The van der Waals surface area contributed by atoms with E-state index in [9.17, 15) is 8.60 Å². The topological polar surface area (TPSA) is 83.9 Å². The molecule has 4 rings (SSSR count). The fourth-order valence-corrected chi connectivity index (χ4v) is 4.00. The Hall–Kier alpha value is -2.87. The molecule has 0 radical (unpaired) electrons. The number of nitrogens with one attached hydrogen (secondary N) is 1. The number of aryl methyl sites for hydroxylation is 1. The molecule has 0 spiro atoms. The predicted octanol–water partition coefficient (Wildman–Crippen LogP) is 5.10. The van der Waals surface area contributed by atoms with Gasteiger partial charge in [-0.25, -0.2) is 14.2 Å². The molecule has 0 aliphatic carbocycles. The van der Waals surface area contributed by atoms with Crippen LogP contribution in [0, 0.1) is 12.9 Å². The highest BCUT2D eigenvalue weighted by Gasteiger charge is 2.20. The van der Waals surface area contributed by atoms with E-state index in [1.54, 1.807) is 31.7 Å². The second-order valence-corrected chi connectivity index (χ2v) is 10.4. The number of benzene rings is 1. The van der Waals surface area contributed by atoms with E-state index in [-0.39, 0.29) is 5.92 Å². The number of halogens is 1. The third kappa shape index (κ3) is 3.60. The lowest BCUT2D eigenvalue weighted by atomic mass is 9.92. The highest BCUT2D eigenvalue weighted by Crippen LogP contribution is 2.40. The van der Waals surface area contributed by atoms with Crippen molar-refractivity contribution in [3.63, 3.8) is 0 Å². The maximum atomic E-state index is 13.8. The van der Waals surface area contributed by atoms with Crippen LogP contribution in [-0.2, 0) is 9.73 Å². The minimum atomic E-state index is -2.42. The quantitative estimate of drug-likeness (QED) is 0.475. The van der Waals surface area contributed by atoms with E-state index in [0.717, 1.165) is 38.5 Å². The zero-order valence-corrected chi connectivity index (χ0v) is 17.8. The minimum Gasteiger partial charge on any atom is -0.278 e. The standard InChI is InChI=1S/C21H22FN5OS/c1-11(2)19-18(14-6-12(3)20(22)23-9-14)15-7-13-10-24-26-17(13)8-16(15)21(25-19)27-29(4,5)28/h6-11H,1-5H3,(H,24,26). The third-order valence-electron chi connectivity index (χ3n) is 4.73. The Balaban J connectivity index is 2.21. The normalized spacial score (nSPS) is 12.2. The number of aromatic amines is 1. The molecule has 8 heteroatoms. The van der Waals surface area contributed by atoms with Gasteiger partial charge in [-0.3, -0.25) is 5.10 Å². The predicted molar refractivity (Wildman–Crippen MR) is 115 cm³/mol. The molecule has 0 aliphatic rings. The first kappa shape index (κ1) is 19.4. The number of H-pyrrole nitrogens is 1. The fraction of sp³-hybridized carbons (Fsp3) is 0.286. The van der Waals surface area contributed by atoms with Gasteiger partial charge < -0.3 is 0 Å². The van der Waals surface area contributed by atoms with Crippen LogP contribution in [0.25, 0.3) is 32.8 Å². The first-order chi connectivity index (χ1) is 13.6. The van der Waals surface area contributed by atoms with Gasteiger partial charge in [0.2, 0.25) is 5.95 Å². The molecule has 1 aromatic carbocycles. The lowest BCUT2D eigenvalue weighted by Crippen LogP contribution is -2.01. The van der Waals surface area contributed by atoms with Gasteiger partial charge in [-0.05, 0) is 36.4 Å². The maximum Gasteiger partial charge on any atom is 0.215 e.